The summed E-state index contributed by atoms with van der Waals surface area (Å²) in [4.78, 5) is 0. The fourth-order valence-electron chi connectivity index (χ4n) is 0.658. The molecule has 0 aromatic rings. The maximum atomic E-state index is 3.11. The van der Waals surface area contributed by atoms with Crippen LogP contribution in [0.4, 0.5) is 0 Å². The highest BCUT2D eigenvalue weighted by Gasteiger charge is 1.84. The summed E-state index contributed by atoms with van der Waals surface area (Å²) in [5.41, 5.74) is 0. The predicted octanol–water partition coefficient (Wildman–Crippen LogP) is 4.14. The van der Waals surface area contributed by atoms with Crippen molar-refractivity contribution in [3.05, 3.63) is 0 Å². The van der Waals surface area contributed by atoms with E-state index in [1.54, 1.807) is 0 Å². The van der Waals surface area contributed by atoms with Crippen molar-refractivity contribution < 1.29 is 0 Å². The molecular formula is C17H47N3. The third-order valence-electron chi connectivity index (χ3n) is 1.69. The van der Waals surface area contributed by atoms with Gasteiger partial charge in [-0.05, 0) is 39.6 Å². The van der Waals surface area contributed by atoms with E-state index in [1.165, 1.54) is 0 Å². The Bertz CT molecular complexity index is 92.2. The van der Waals surface area contributed by atoms with Crippen molar-refractivity contribution in [3.8, 4) is 0 Å². The number of hydrogen-bond donors (Lipinski definition) is 3. The molecule has 0 aliphatic carbocycles. The van der Waals surface area contributed by atoms with Crippen molar-refractivity contribution >= 4 is 0 Å². The van der Waals surface area contributed by atoms with E-state index >= 15 is 0 Å². The maximum absolute atomic E-state index is 3.11. The molecule has 0 aliphatic heterocycles. The molecule has 0 radical (unpaired) electrons. The van der Waals surface area contributed by atoms with Crippen molar-refractivity contribution in [3.63, 3.8) is 0 Å². The van der Waals surface area contributed by atoms with E-state index in [-0.39, 0.29) is 0 Å². The topological polar surface area (TPSA) is 36.1 Å². The van der Waals surface area contributed by atoms with Crippen molar-refractivity contribution in [1.82, 2.24) is 16.0 Å². The molecule has 130 valence electrons. The molecular weight excluding hydrogens is 246 g/mol. The van der Waals surface area contributed by atoms with Gasteiger partial charge < -0.3 is 16.0 Å². The molecule has 0 saturated heterocycles. The van der Waals surface area contributed by atoms with Crippen LogP contribution in [0.2, 0.25) is 0 Å². The molecule has 3 N–H and O–H groups in total. The van der Waals surface area contributed by atoms with Gasteiger partial charge in [0, 0.05) is 6.04 Å². The minimum Gasteiger partial charge on any atom is -0.319 e. The zero-order valence-corrected chi connectivity index (χ0v) is 16.8. The molecule has 0 aromatic heterocycles. The lowest BCUT2D eigenvalue weighted by Crippen LogP contribution is -2.15. The third kappa shape index (κ3) is 108. The molecule has 3 nitrogen and oxygen atoms in total. The second kappa shape index (κ2) is 42.8. The minimum absolute atomic E-state index is 0.634. The van der Waals surface area contributed by atoms with Crippen molar-refractivity contribution in [2.45, 2.75) is 75.3 Å². The summed E-state index contributed by atoms with van der Waals surface area (Å²) in [6.45, 7) is 24.1. The highest BCUT2D eigenvalue weighted by molar-refractivity contribution is 4.42. The van der Waals surface area contributed by atoms with Gasteiger partial charge in [-0.1, -0.05) is 69.2 Å². The molecule has 0 heterocycles. The highest BCUT2D eigenvalue weighted by atomic mass is 14.8. The SMILES string of the molecule is CC.CC.CCNCC.CNC(C)C.CNCC(C)C. The number of rotatable bonds is 5. The van der Waals surface area contributed by atoms with Crippen molar-refractivity contribution in [1.29, 1.82) is 0 Å². The Kier molecular flexibility index (Phi) is 68.4. The lowest BCUT2D eigenvalue weighted by molar-refractivity contribution is 0.595. The summed E-state index contributed by atoms with van der Waals surface area (Å²) in [6, 6.07) is 0.634. The van der Waals surface area contributed by atoms with Gasteiger partial charge in [-0.15, -0.1) is 0 Å². The molecule has 20 heavy (non-hydrogen) atoms. The summed E-state index contributed by atoms with van der Waals surface area (Å²) in [7, 11) is 3.92. The maximum Gasteiger partial charge on any atom is 0.000733 e. The quantitative estimate of drug-likeness (QED) is 0.713. The zero-order valence-electron chi connectivity index (χ0n) is 16.8. The van der Waals surface area contributed by atoms with E-state index < -0.39 is 0 Å². The van der Waals surface area contributed by atoms with Crippen LogP contribution < -0.4 is 16.0 Å². The van der Waals surface area contributed by atoms with E-state index in [1.807, 2.05) is 41.8 Å². The van der Waals surface area contributed by atoms with E-state index in [4.69, 9.17) is 0 Å². The molecule has 0 spiro atoms. The molecule has 0 saturated carbocycles. The normalized spacial score (nSPS) is 8.10. The monoisotopic (exact) mass is 293 g/mol. The first-order valence-corrected chi connectivity index (χ1v) is 8.48. The summed E-state index contributed by atoms with van der Waals surface area (Å²) >= 11 is 0. The molecule has 0 rings (SSSR count). The number of hydrogen-bond acceptors (Lipinski definition) is 3. The summed E-state index contributed by atoms with van der Waals surface area (Å²) in [5.74, 6) is 0.787. The van der Waals surface area contributed by atoms with Gasteiger partial charge in [0.25, 0.3) is 0 Å². The Morgan fingerprint density at radius 3 is 1.05 bits per heavy atom. The average Bonchev–Trinajstić information content (AvgIpc) is 2.45. The van der Waals surface area contributed by atoms with E-state index in [0.717, 1.165) is 25.6 Å². The van der Waals surface area contributed by atoms with Gasteiger partial charge in [0.1, 0.15) is 0 Å². The second-order valence-corrected chi connectivity index (χ2v) is 4.35. The third-order valence-corrected chi connectivity index (χ3v) is 1.69. The van der Waals surface area contributed by atoms with Crippen LogP contribution in [-0.2, 0) is 0 Å². The first-order valence-electron chi connectivity index (χ1n) is 8.48. The van der Waals surface area contributed by atoms with Crippen LogP contribution in [0.5, 0.6) is 0 Å². The van der Waals surface area contributed by atoms with E-state index in [0.29, 0.717) is 6.04 Å². The molecule has 0 aromatic carbocycles. The fraction of sp³-hybridized carbons (Fsp3) is 1.00. The van der Waals surface area contributed by atoms with Crippen LogP contribution in [-0.4, -0.2) is 39.8 Å². The first kappa shape index (κ1) is 32.0. The molecule has 0 atom stereocenters. The minimum atomic E-state index is 0.634. The molecule has 0 fully saturated rings. The van der Waals surface area contributed by atoms with Gasteiger partial charge in [0.15, 0.2) is 0 Å². The molecule has 0 amide bonds. The van der Waals surface area contributed by atoms with Gasteiger partial charge >= 0.3 is 0 Å². The Hall–Kier alpha value is -0.120. The van der Waals surface area contributed by atoms with Crippen molar-refractivity contribution in [2.24, 2.45) is 5.92 Å². The number of nitrogens with one attached hydrogen (secondary N) is 3. The van der Waals surface area contributed by atoms with Crippen LogP contribution in [0, 0.1) is 5.92 Å². The zero-order chi connectivity index (χ0) is 17.4. The smallest absolute Gasteiger partial charge is 0.000733 e. The Labute approximate surface area is 131 Å². The standard InChI is InChI=1S/C5H13N.2C4H11N.2C2H6/c1-5(2)4-6-3;1-4(2)5-3;1-3-5-4-2;2*1-2/h5-6H,4H2,1-3H3;4-5H,1-3H3;5H,3-4H2,1-2H3;2*1-2H3. The predicted molar refractivity (Wildman–Crippen MR) is 99.9 cm³/mol. The Balaban J connectivity index is -0.0000000501. The van der Waals surface area contributed by atoms with Crippen LogP contribution in [0.15, 0.2) is 0 Å². The molecule has 3 heteroatoms. The first-order chi connectivity index (χ1) is 9.45. The van der Waals surface area contributed by atoms with Crippen molar-refractivity contribution in [2.75, 3.05) is 33.7 Å². The Morgan fingerprint density at radius 1 is 0.750 bits per heavy atom. The molecule has 0 aliphatic rings. The van der Waals surface area contributed by atoms with Crippen LogP contribution >= 0.6 is 0 Å². The molecule has 0 unspecified atom stereocenters. The van der Waals surface area contributed by atoms with E-state index in [2.05, 4.69) is 57.5 Å². The van der Waals surface area contributed by atoms with E-state index in [9.17, 15) is 0 Å². The summed E-state index contributed by atoms with van der Waals surface area (Å²) < 4.78 is 0. The van der Waals surface area contributed by atoms with Crippen LogP contribution in [0.25, 0.3) is 0 Å². The highest BCUT2D eigenvalue weighted by Crippen LogP contribution is 1.83. The van der Waals surface area contributed by atoms with Gasteiger partial charge in [-0.25, -0.2) is 0 Å². The fourth-order valence-corrected chi connectivity index (χ4v) is 0.658. The van der Waals surface area contributed by atoms with Crippen LogP contribution in [0.3, 0.4) is 0 Å². The Morgan fingerprint density at radius 2 is 1.05 bits per heavy atom. The van der Waals surface area contributed by atoms with Gasteiger partial charge in [0.2, 0.25) is 0 Å². The summed E-state index contributed by atoms with van der Waals surface area (Å²) in [5, 5.41) is 9.21. The lowest BCUT2D eigenvalue weighted by Gasteiger charge is -1.98. The van der Waals surface area contributed by atoms with Gasteiger partial charge in [0.05, 0.1) is 0 Å². The largest absolute Gasteiger partial charge is 0.319 e. The summed E-state index contributed by atoms with van der Waals surface area (Å²) in [6.07, 6.45) is 0. The molecule has 0 bridgehead atoms. The average molecular weight is 294 g/mol. The van der Waals surface area contributed by atoms with Gasteiger partial charge in [-0.2, -0.15) is 0 Å². The van der Waals surface area contributed by atoms with Gasteiger partial charge in [-0.3, -0.25) is 0 Å². The lowest BCUT2D eigenvalue weighted by atomic mass is 10.2. The second-order valence-electron chi connectivity index (χ2n) is 4.35. The van der Waals surface area contributed by atoms with Crippen LogP contribution in [0.1, 0.15) is 69.2 Å².